The first-order valence-electron chi connectivity index (χ1n) is 5.47. The molecule has 0 bridgehead atoms. The minimum atomic E-state index is -0.547. The largest absolute Gasteiger partial charge is 0.363 e. The van der Waals surface area contributed by atoms with E-state index in [-0.39, 0.29) is 5.82 Å². The minimum absolute atomic E-state index is 0.163. The van der Waals surface area contributed by atoms with E-state index in [1.165, 1.54) is 25.7 Å². The van der Waals surface area contributed by atoms with Gasteiger partial charge in [0.05, 0.1) is 0 Å². The highest BCUT2D eigenvalue weighted by Gasteiger charge is 2.16. The first kappa shape index (κ1) is 10.1. The Morgan fingerprint density at radius 3 is 2.73 bits per heavy atom. The number of amides is 1. The summed E-state index contributed by atoms with van der Waals surface area (Å²) < 4.78 is 0. The van der Waals surface area contributed by atoms with Crippen molar-refractivity contribution in [3.63, 3.8) is 0 Å². The van der Waals surface area contributed by atoms with Crippen LogP contribution in [0, 0.1) is 5.92 Å². The fourth-order valence-corrected chi connectivity index (χ4v) is 2.16. The summed E-state index contributed by atoms with van der Waals surface area (Å²) >= 11 is 0. The molecule has 1 saturated carbocycles. The van der Waals surface area contributed by atoms with Crippen molar-refractivity contribution in [2.24, 2.45) is 11.7 Å². The lowest BCUT2D eigenvalue weighted by Gasteiger charge is -2.05. The van der Waals surface area contributed by atoms with Crippen LogP contribution in [0.25, 0.3) is 0 Å². The van der Waals surface area contributed by atoms with Gasteiger partial charge in [-0.15, -0.1) is 10.2 Å². The third-order valence-corrected chi connectivity index (χ3v) is 3.03. The maximum Gasteiger partial charge on any atom is 0.286 e. The minimum Gasteiger partial charge on any atom is -0.363 e. The number of nitrogens with zero attached hydrogens (tertiary/aromatic N) is 2. The maximum absolute atomic E-state index is 10.8. The zero-order valence-corrected chi connectivity index (χ0v) is 8.70. The van der Waals surface area contributed by atoms with Crippen LogP contribution in [0.4, 0.5) is 0 Å². The van der Waals surface area contributed by atoms with Crippen LogP contribution in [0.5, 0.6) is 0 Å². The lowest BCUT2D eigenvalue weighted by Crippen LogP contribution is -2.12. The molecular weight excluding hydrogens is 192 g/mol. The van der Waals surface area contributed by atoms with Crippen LogP contribution in [-0.2, 0) is 6.42 Å². The number of hydrogen-bond acceptors (Lipinski definition) is 3. The molecule has 0 aliphatic heterocycles. The molecule has 1 heterocycles. The van der Waals surface area contributed by atoms with Gasteiger partial charge in [-0.3, -0.25) is 4.79 Å². The standard InChI is InChI=1S/C10H16N4O/c11-9(15)10-12-8(13-14-10)6-5-7-3-1-2-4-7/h7H,1-6H2,(H2,11,15)(H,12,13,14). The van der Waals surface area contributed by atoms with Crippen LogP contribution in [-0.4, -0.2) is 21.1 Å². The molecule has 0 aromatic carbocycles. The molecule has 1 aliphatic carbocycles. The summed E-state index contributed by atoms with van der Waals surface area (Å²) in [5, 5.41) is 7.57. The second-order valence-corrected chi connectivity index (χ2v) is 4.17. The number of rotatable bonds is 4. The maximum atomic E-state index is 10.8. The molecule has 1 aromatic heterocycles. The average molecular weight is 208 g/mol. The second-order valence-electron chi connectivity index (χ2n) is 4.17. The summed E-state index contributed by atoms with van der Waals surface area (Å²) in [5.74, 6) is 1.22. The van der Waals surface area contributed by atoms with Crippen LogP contribution in [0.1, 0.15) is 48.5 Å². The molecular formula is C10H16N4O. The Morgan fingerprint density at radius 1 is 1.40 bits per heavy atom. The summed E-state index contributed by atoms with van der Waals surface area (Å²) in [4.78, 5) is 13.6. The SMILES string of the molecule is NC(=O)c1nnc(CCC2CCCC2)[nH]1. The van der Waals surface area contributed by atoms with Gasteiger partial charge in [0.25, 0.3) is 5.91 Å². The van der Waals surface area contributed by atoms with Gasteiger partial charge < -0.3 is 10.7 Å². The number of aryl methyl sites for hydroxylation is 1. The molecule has 5 nitrogen and oxygen atoms in total. The van der Waals surface area contributed by atoms with Crippen molar-refractivity contribution in [3.8, 4) is 0 Å². The first-order chi connectivity index (χ1) is 7.25. The van der Waals surface area contributed by atoms with Gasteiger partial charge in [-0.2, -0.15) is 0 Å². The predicted octanol–water partition coefficient (Wildman–Crippen LogP) is 1.03. The molecule has 1 aliphatic rings. The molecule has 1 aromatic rings. The van der Waals surface area contributed by atoms with Crippen molar-refractivity contribution < 1.29 is 4.79 Å². The lowest BCUT2D eigenvalue weighted by atomic mass is 10.0. The van der Waals surface area contributed by atoms with E-state index < -0.39 is 5.91 Å². The first-order valence-corrected chi connectivity index (χ1v) is 5.47. The monoisotopic (exact) mass is 208 g/mol. The van der Waals surface area contributed by atoms with E-state index in [2.05, 4.69) is 15.2 Å². The third kappa shape index (κ3) is 2.55. The number of carbonyl (C=O) groups is 1. The molecule has 0 spiro atoms. The number of nitrogens with one attached hydrogen (secondary N) is 1. The fraction of sp³-hybridized carbons (Fsp3) is 0.700. The van der Waals surface area contributed by atoms with Crippen molar-refractivity contribution in [3.05, 3.63) is 11.6 Å². The number of primary amides is 1. The molecule has 5 heteroatoms. The van der Waals surface area contributed by atoms with Crippen molar-refractivity contribution in [2.75, 3.05) is 0 Å². The number of nitrogens with two attached hydrogens (primary N) is 1. The Kier molecular flexibility index (Phi) is 2.99. The number of carbonyl (C=O) groups excluding carboxylic acids is 1. The van der Waals surface area contributed by atoms with Crippen molar-refractivity contribution >= 4 is 5.91 Å². The van der Waals surface area contributed by atoms with E-state index in [4.69, 9.17) is 5.73 Å². The summed E-state index contributed by atoms with van der Waals surface area (Å²) in [6.07, 6.45) is 7.37. The van der Waals surface area contributed by atoms with Crippen LogP contribution in [0.15, 0.2) is 0 Å². The Hall–Kier alpha value is -1.39. The van der Waals surface area contributed by atoms with E-state index in [0.29, 0.717) is 0 Å². The number of aromatic amines is 1. The van der Waals surface area contributed by atoms with Crippen molar-refractivity contribution in [2.45, 2.75) is 38.5 Å². The van der Waals surface area contributed by atoms with Gasteiger partial charge in [0.15, 0.2) is 0 Å². The van der Waals surface area contributed by atoms with Crippen molar-refractivity contribution in [1.82, 2.24) is 15.2 Å². The summed E-state index contributed by atoms with van der Waals surface area (Å²) in [6, 6.07) is 0. The van der Waals surface area contributed by atoms with E-state index >= 15 is 0 Å². The zero-order valence-electron chi connectivity index (χ0n) is 8.70. The molecule has 0 atom stereocenters. The highest BCUT2D eigenvalue weighted by molar-refractivity contribution is 5.88. The molecule has 1 fully saturated rings. The fourth-order valence-electron chi connectivity index (χ4n) is 2.16. The summed E-state index contributed by atoms with van der Waals surface area (Å²) in [5.41, 5.74) is 5.07. The van der Waals surface area contributed by atoms with Gasteiger partial charge in [-0.05, 0) is 12.3 Å². The topological polar surface area (TPSA) is 84.7 Å². The average Bonchev–Trinajstić information content (AvgIpc) is 2.86. The Labute approximate surface area is 88.5 Å². The molecule has 15 heavy (non-hydrogen) atoms. The summed E-state index contributed by atoms with van der Waals surface area (Å²) in [7, 11) is 0. The smallest absolute Gasteiger partial charge is 0.286 e. The number of hydrogen-bond donors (Lipinski definition) is 2. The highest BCUT2D eigenvalue weighted by atomic mass is 16.1. The van der Waals surface area contributed by atoms with Crippen LogP contribution < -0.4 is 5.73 Å². The van der Waals surface area contributed by atoms with Crippen LogP contribution in [0.3, 0.4) is 0 Å². The molecule has 82 valence electrons. The van der Waals surface area contributed by atoms with Gasteiger partial charge in [-0.25, -0.2) is 0 Å². The van der Waals surface area contributed by atoms with E-state index in [0.717, 1.165) is 24.6 Å². The Morgan fingerprint density at radius 2 is 2.13 bits per heavy atom. The zero-order chi connectivity index (χ0) is 10.7. The van der Waals surface area contributed by atoms with E-state index in [1.807, 2.05) is 0 Å². The Balaban J connectivity index is 1.84. The van der Waals surface area contributed by atoms with Crippen LogP contribution in [0.2, 0.25) is 0 Å². The van der Waals surface area contributed by atoms with E-state index in [9.17, 15) is 4.79 Å². The molecule has 2 rings (SSSR count). The highest BCUT2D eigenvalue weighted by Crippen LogP contribution is 2.28. The van der Waals surface area contributed by atoms with Gasteiger partial charge >= 0.3 is 0 Å². The molecule has 0 unspecified atom stereocenters. The predicted molar refractivity (Wildman–Crippen MR) is 55.2 cm³/mol. The van der Waals surface area contributed by atoms with Gasteiger partial charge in [0, 0.05) is 6.42 Å². The summed E-state index contributed by atoms with van der Waals surface area (Å²) in [6.45, 7) is 0. The molecule has 0 radical (unpaired) electrons. The number of aromatic nitrogens is 3. The van der Waals surface area contributed by atoms with Gasteiger partial charge in [-0.1, -0.05) is 25.7 Å². The molecule has 3 N–H and O–H groups in total. The number of H-pyrrole nitrogens is 1. The van der Waals surface area contributed by atoms with Gasteiger partial charge in [0.1, 0.15) is 5.82 Å². The normalized spacial score (nSPS) is 17.1. The second kappa shape index (κ2) is 4.42. The van der Waals surface area contributed by atoms with E-state index in [1.54, 1.807) is 0 Å². The van der Waals surface area contributed by atoms with Crippen LogP contribution >= 0.6 is 0 Å². The quantitative estimate of drug-likeness (QED) is 0.774. The van der Waals surface area contributed by atoms with Crippen molar-refractivity contribution in [1.29, 1.82) is 0 Å². The Bertz CT molecular complexity index is 341. The lowest BCUT2D eigenvalue weighted by molar-refractivity contribution is 0.0991. The molecule has 0 saturated heterocycles. The third-order valence-electron chi connectivity index (χ3n) is 3.03. The van der Waals surface area contributed by atoms with Gasteiger partial charge in [0.2, 0.25) is 5.82 Å². The molecule has 1 amide bonds.